The second kappa shape index (κ2) is 7.21. The lowest BCUT2D eigenvalue weighted by Gasteiger charge is -2.46. The lowest BCUT2D eigenvalue weighted by Crippen LogP contribution is -2.58. The average Bonchev–Trinajstić information content (AvgIpc) is 2.73. The van der Waals surface area contributed by atoms with E-state index < -0.39 is 17.4 Å². The van der Waals surface area contributed by atoms with Crippen molar-refractivity contribution in [2.24, 2.45) is 0 Å². The van der Waals surface area contributed by atoms with Gasteiger partial charge in [-0.3, -0.25) is 9.59 Å². The Kier molecular flexibility index (Phi) is 4.71. The van der Waals surface area contributed by atoms with E-state index in [9.17, 15) is 14.7 Å². The number of fused-ring (bicyclic) bond motifs is 1. The molecule has 3 aromatic rings. The molecule has 146 valence electrons. The maximum Gasteiger partial charge on any atom is 0.231 e. The number of Topliss-reactive ketones (excluding diaryl/α,β-unsaturated/α-hetero) is 2. The molecule has 2 unspecified atom stereocenters. The molecule has 4 nitrogen and oxygen atoms in total. The smallest absolute Gasteiger partial charge is 0.231 e. The maximum absolute atomic E-state index is 13.0. The van der Waals surface area contributed by atoms with Gasteiger partial charge in [-0.25, -0.2) is 0 Å². The monoisotopic (exact) mass is 386 g/mol. The van der Waals surface area contributed by atoms with E-state index >= 15 is 0 Å². The van der Waals surface area contributed by atoms with E-state index in [0.29, 0.717) is 11.3 Å². The second-order valence-electron chi connectivity index (χ2n) is 7.41. The summed E-state index contributed by atoms with van der Waals surface area (Å²) in [5, 5.41) is 10.7. The minimum absolute atomic E-state index is 0.121. The molecule has 1 aliphatic heterocycles. The molecule has 0 amide bonds. The number of hydrogen-bond acceptors (Lipinski definition) is 4. The maximum atomic E-state index is 13.0. The summed E-state index contributed by atoms with van der Waals surface area (Å²) in [4.78, 5) is 26.0. The molecule has 29 heavy (non-hydrogen) atoms. The van der Waals surface area contributed by atoms with Crippen LogP contribution in [0.3, 0.4) is 0 Å². The van der Waals surface area contributed by atoms with Gasteiger partial charge in [0.15, 0.2) is 11.6 Å². The molecule has 1 aliphatic rings. The third-order valence-electron chi connectivity index (χ3n) is 5.77. The van der Waals surface area contributed by atoms with Gasteiger partial charge in [-0.2, -0.15) is 0 Å². The van der Waals surface area contributed by atoms with Gasteiger partial charge < -0.3 is 9.84 Å². The Morgan fingerprint density at radius 3 is 1.97 bits per heavy atom. The van der Waals surface area contributed by atoms with Gasteiger partial charge in [-0.15, -0.1) is 0 Å². The number of ether oxygens (including phenoxy) is 1. The van der Waals surface area contributed by atoms with Gasteiger partial charge in [-0.05, 0) is 31.5 Å². The van der Waals surface area contributed by atoms with E-state index in [0.717, 1.165) is 11.1 Å². The molecule has 1 N–H and O–H groups in total. The molecule has 1 heterocycles. The molecule has 0 aliphatic carbocycles. The van der Waals surface area contributed by atoms with Crippen molar-refractivity contribution >= 4 is 11.6 Å². The van der Waals surface area contributed by atoms with Crippen molar-refractivity contribution in [3.05, 3.63) is 95.6 Å². The molecule has 4 rings (SSSR count). The Morgan fingerprint density at radius 2 is 1.34 bits per heavy atom. The standard InChI is InChI=1S/C25H22O4/c1-16(26)25(17(2)27)24(18-10-4-3-5-11-18)23(19-12-6-8-14-21(19)28)20-13-7-9-15-22(20)29-25/h3-15,23-24,28H,1-2H3. The second-order valence-corrected chi connectivity index (χ2v) is 7.41. The van der Waals surface area contributed by atoms with Crippen molar-refractivity contribution < 1.29 is 19.4 Å². The van der Waals surface area contributed by atoms with Crippen molar-refractivity contribution in [2.75, 3.05) is 0 Å². The van der Waals surface area contributed by atoms with Crippen LogP contribution in [0.15, 0.2) is 78.9 Å². The van der Waals surface area contributed by atoms with E-state index in [1.165, 1.54) is 13.8 Å². The minimum Gasteiger partial charge on any atom is -0.508 e. The minimum atomic E-state index is -1.68. The SMILES string of the molecule is CC(=O)C1(C(C)=O)Oc2ccccc2C(c2ccccc2O)C1c1ccccc1. The number of aromatic hydroxyl groups is 1. The van der Waals surface area contributed by atoms with Crippen molar-refractivity contribution in [1.29, 1.82) is 0 Å². The first kappa shape index (κ1) is 18.9. The van der Waals surface area contributed by atoms with Gasteiger partial charge in [0.2, 0.25) is 5.60 Å². The number of hydrogen-bond donors (Lipinski definition) is 1. The largest absolute Gasteiger partial charge is 0.508 e. The van der Waals surface area contributed by atoms with E-state index in [1.807, 2.05) is 60.7 Å². The molecule has 0 spiro atoms. The van der Waals surface area contributed by atoms with Crippen molar-refractivity contribution in [1.82, 2.24) is 0 Å². The van der Waals surface area contributed by atoms with E-state index in [1.54, 1.807) is 18.2 Å². The Hall–Kier alpha value is -3.40. The molecular weight excluding hydrogens is 364 g/mol. The number of phenols is 1. The summed E-state index contributed by atoms with van der Waals surface area (Å²) in [7, 11) is 0. The highest BCUT2D eigenvalue weighted by molar-refractivity contribution is 6.10. The first-order valence-electron chi connectivity index (χ1n) is 9.59. The molecule has 0 aromatic heterocycles. The number of carbonyl (C=O) groups is 2. The van der Waals surface area contributed by atoms with Gasteiger partial charge >= 0.3 is 0 Å². The van der Waals surface area contributed by atoms with E-state index in [2.05, 4.69) is 0 Å². The van der Waals surface area contributed by atoms with Crippen LogP contribution in [-0.4, -0.2) is 22.3 Å². The van der Waals surface area contributed by atoms with Crippen LogP contribution >= 0.6 is 0 Å². The first-order chi connectivity index (χ1) is 14.0. The Labute approximate surface area is 169 Å². The normalized spacial score (nSPS) is 19.7. The first-order valence-corrected chi connectivity index (χ1v) is 9.59. The Morgan fingerprint density at radius 1 is 0.793 bits per heavy atom. The van der Waals surface area contributed by atoms with E-state index in [4.69, 9.17) is 4.74 Å². The number of carbonyl (C=O) groups excluding carboxylic acids is 2. The van der Waals surface area contributed by atoms with Crippen LogP contribution in [0, 0.1) is 0 Å². The van der Waals surface area contributed by atoms with Crippen molar-refractivity contribution in [3.8, 4) is 11.5 Å². The third-order valence-corrected chi connectivity index (χ3v) is 5.77. The fourth-order valence-corrected chi connectivity index (χ4v) is 4.50. The summed E-state index contributed by atoms with van der Waals surface area (Å²) < 4.78 is 6.22. The Bertz CT molecular complexity index is 1060. The van der Waals surface area contributed by atoms with Gasteiger partial charge in [0, 0.05) is 23.0 Å². The quantitative estimate of drug-likeness (QED) is 0.665. The average molecular weight is 386 g/mol. The van der Waals surface area contributed by atoms with Crippen LogP contribution in [0.25, 0.3) is 0 Å². The van der Waals surface area contributed by atoms with Gasteiger partial charge in [0.1, 0.15) is 11.5 Å². The summed E-state index contributed by atoms with van der Waals surface area (Å²) >= 11 is 0. The highest BCUT2D eigenvalue weighted by Gasteiger charge is 2.57. The summed E-state index contributed by atoms with van der Waals surface area (Å²) in [5.41, 5.74) is 0.619. The topological polar surface area (TPSA) is 63.6 Å². The highest BCUT2D eigenvalue weighted by atomic mass is 16.5. The zero-order chi connectivity index (χ0) is 20.6. The third kappa shape index (κ3) is 2.92. The Balaban J connectivity index is 2.10. The summed E-state index contributed by atoms with van der Waals surface area (Å²) in [5.74, 6) is -1.16. The van der Waals surface area contributed by atoms with Crippen LogP contribution in [0.4, 0.5) is 0 Å². The van der Waals surface area contributed by atoms with Gasteiger partial charge in [0.25, 0.3) is 0 Å². The van der Waals surface area contributed by atoms with Crippen molar-refractivity contribution in [2.45, 2.75) is 31.3 Å². The lowest BCUT2D eigenvalue weighted by atomic mass is 9.64. The summed E-state index contributed by atoms with van der Waals surface area (Å²) in [6.45, 7) is 2.79. The molecular formula is C25H22O4. The van der Waals surface area contributed by atoms with Crippen LogP contribution in [-0.2, 0) is 9.59 Å². The van der Waals surface area contributed by atoms with Crippen LogP contribution in [0.5, 0.6) is 11.5 Å². The molecule has 4 heteroatoms. The van der Waals surface area contributed by atoms with Gasteiger partial charge in [0.05, 0.1) is 0 Å². The molecule has 0 radical (unpaired) electrons. The summed E-state index contributed by atoms with van der Waals surface area (Å²) in [6.07, 6.45) is 0. The number of ketones is 2. The molecule has 2 atom stereocenters. The zero-order valence-electron chi connectivity index (χ0n) is 16.3. The predicted octanol–water partition coefficient (Wildman–Crippen LogP) is 4.62. The van der Waals surface area contributed by atoms with Gasteiger partial charge in [-0.1, -0.05) is 66.7 Å². The highest BCUT2D eigenvalue weighted by Crippen LogP contribution is 2.54. The fourth-order valence-electron chi connectivity index (χ4n) is 4.50. The van der Waals surface area contributed by atoms with Crippen LogP contribution < -0.4 is 4.74 Å². The molecule has 0 saturated carbocycles. The van der Waals surface area contributed by atoms with Crippen LogP contribution in [0.1, 0.15) is 42.4 Å². The molecule has 0 saturated heterocycles. The molecule has 0 bridgehead atoms. The van der Waals surface area contributed by atoms with E-state index in [-0.39, 0.29) is 17.3 Å². The van der Waals surface area contributed by atoms with Crippen LogP contribution in [0.2, 0.25) is 0 Å². The number of para-hydroxylation sites is 2. The number of benzene rings is 3. The predicted molar refractivity (Wildman–Crippen MR) is 110 cm³/mol. The van der Waals surface area contributed by atoms with Crippen molar-refractivity contribution in [3.63, 3.8) is 0 Å². The summed E-state index contributed by atoms with van der Waals surface area (Å²) in [6, 6.07) is 23.9. The molecule has 3 aromatic carbocycles. The zero-order valence-corrected chi connectivity index (χ0v) is 16.3. The molecule has 0 fully saturated rings. The number of rotatable bonds is 4. The number of phenolic OH excluding ortho intramolecular Hbond substituents is 1. The lowest BCUT2D eigenvalue weighted by molar-refractivity contribution is -0.149. The fraction of sp³-hybridized carbons (Fsp3) is 0.200.